The molecule has 2 nitrogen and oxygen atoms in total. The van der Waals surface area contributed by atoms with E-state index in [0.717, 1.165) is 18.1 Å². The first-order chi connectivity index (χ1) is 9.31. The van der Waals surface area contributed by atoms with E-state index in [1.165, 1.54) is 44.9 Å². The summed E-state index contributed by atoms with van der Waals surface area (Å²) in [6, 6.07) is 11.8. The molecular formula is C17H24N2. The minimum atomic E-state index is 0.463. The molecule has 1 aromatic rings. The fourth-order valence-electron chi connectivity index (χ4n) is 4.78. The van der Waals surface area contributed by atoms with Crippen molar-refractivity contribution in [1.29, 1.82) is 0 Å². The normalized spacial score (nSPS) is 38.2. The van der Waals surface area contributed by atoms with Gasteiger partial charge in [-0.1, -0.05) is 24.3 Å². The lowest BCUT2D eigenvalue weighted by Crippen LogP contribution is -2.53. The average molecular weight is 256 g/mol. The molecule has 0 amide bonds. The number of benzene rings is 1. The molecule has 2 saturated heterocycles. The van der Waals surface area contributed by atoms with Crippen LogP contribution in [0.25, 0.3) is 0 Å². The van der Waals surface area contributed by atoms with Crippen molar-refractivity contribution >= 4 is 0 Å². The molecule has 3 aliphatic rings. The first-order valence-electron chi connectivity index (χ1n) is 7.91. The Morgan fingerprint density at radius 2 is 1.58 bits per heavy atom. The van der Waals surface area contributed by atoms with Gasteiger partial charge in [0.05, 0.1) is 0 Å². The number of nitrogens with two attached hydrogens (primary N) is 1. The van der Waals surface area contributed by atoms with E-state index >= 15 is 0 Å². The maximum Gasteiger partial charge on any atom is 0.0145 e. The van der Waals surface area contributed by atoms with Gasteiger partial charge in [0.1, 0.15) is 0 Å². The summed E-state index contributed by atoms with van der Waals surface area (Å²) in [5.74, 6) is 0. The summed E-state index contributed by atoms with van der Waals surface area (Å²) in [6.07, 6.45) is 9.11. The standard InChI is InChI=1S/C17H24N2/c18-14-10-16-7-8-17(11-14)19(16)15-6-5-12-3-1-2-4-13(12)9-15/h1-4,14-17H,5-11,18H2. The van der Waals surface area contributed by atoms with Gasteiger partial charge >= 0.3 is 0 Å². The van der Waals surface area contributed by atoms with Gasteiger partial charge in [-0.05, 0) is 56.1 Å². The second-order valence-corrected chi connectivity index (χ2v) is 6.73. The second kappa shape index (κ2) is 4.60. The molecule has 1 aliphatic carbocycles. The van der Waals surface area contributed by atoms with E-state index in [1.807, 2.05) is 0 Å². The zero-order valence-electron chi connectivity index (χ0n) is 11.6. The highest BCUT2D eigenvalue weighted by molar-refractivity contribution is 5.30. The monoisotopic (exact) mass is 256 g/mol. The third-order valence-electron chi connectivity index (χ3n) is 5.57. The highest BCUT2D eigenvalue weighted by Crippen LogP contribution is 2.39. The lowest BCUT2D eigenvalue weighted by Gasteiger charge is -2.44. The largest absolute Gasteiger partial charge is 0.328 e. The first-order valence-corrected chi connectivity index (χ1v) is 7.91. The van der Waals surface area contributed by atoms with E-state index in [1.54, 1.807) is 11.1 Å². The van der Waals surface area contributed by atoms with Crippen molar-refractivity contribution in [3.8, 4) is 0 Å². The summed E-state index contributed by atoms with van der Waals surface area (Å²) in [5.41, 5.74) is 9.37. The van der Waals surface area contributed by atoms with Crippen LogP contribution in [0.2, 0.25) is 0 Å². The predicted octanol–water partition coefficient (Wildman–Crippen LogP) is 2.50. The predicted molar refractivity (Wildman–Crippen MR) is 78.1 cm³/mol. The van der Waals surface area contributed by atoms with Crippen LogP contribution < -0.4 is 5.73 Å². The van der Waals surface area contributed by atoms with Crippen LogP contribution in [0.1, 0.15) is 43.2 Å². The number of fused-ring (bicyclic) bond motifs is 3. The Bertz CT molecular complexity index is 456. The van der Waals surface area contributed by atoms with Crippen molar-refractivity contribution < 1.29 is 0 Å². The molecule has 0 saturated carbocycles. The summed E-state index contributed by atoms with van der Waals surface area (Å²) in [4.78, 5) is 2.86. The molecule has 3 atom stereocenters. The molecule has 4 rings (SSSR count). The molecule has 2 aliphatic heterocycles. The number of aryl methyl sites for hydroxylation is 1. The zero-order valence-corrected chi connectivity index (χ0v) is 11.6. The van der Waals surface area contributed by atoms with Crippen LogP contribution in [0.4, 0.5) is 0 Å². The first kappa shape index (κ1) is 11.9. The van der Waals surface area contributed by atoms with E-state index in [-0.39, 0.29) is 0 Å². The Hall–Kier alpha value is -0.860. The molecule has 2 fully saturated rings. The van der Waals surface area contributed by atoms with Crippen LogP contribution in [0.5, 0.6) is 0 Å². The summed E-state index contributed by atoms with van der Waals surface area (Å²) >= 11 is 0. The van der Waals surface area contributed by atoms with Crippen molar-refractivity contribution in [3.63, 3.8) is 0 Å². The van der Waals surface area contributed by atoms with Crippen LogP contribution >= 0.6 is 0 Å². The van der Waals surface area contributed by atoms with Gasteiger partial charge in [0.2, 0.25) is 0 Å². The third kappa shape index (κ3) is 2.02. The third-order valence-corrected chi connectivity index (χ3v) is 5.57. The lowest BCUT2D eigenvalue weighted by molar-refractivity contribution is 0.0699. The van der Waals surface area contributed by atoms with E-state index in [9.17, 15) is 0 Å². The van der Waals surface area contributed by atoms with Gasteiger partial charge in [0.15, 0.2) is 0 Å². The molecule has 19 heavy (non-hydrogen) atoms. The number of rotatable bonds is 1. The molecule has 102 valence electrons. The fraction of sp³-hybridized carbons (Fsp3) is 0.647. The summed E-state index contributed by atoms with van der Waals surface area (Å²) in [6.45, 7) is 0. The number of piperidine rings is 1. The smallest absolute Gasteiger partial charge is 0.0145 e. The molecule has 2 bridgehead atoms. The maximum absolute atomic E-state index is 6.20. The summed E-state index contributed by atoms with van der Waals surface area (Å²) in [5, 5.41) is 0. The molecule has 0 aromatic heterocycles. The van der Waals surface area contributed by atoms with Gasteiger partial charge in [0.25, 0.3) is 0 Å². The van der Waals surface area contributed by atoms with E-state index < -0.39 is 0 Å². The topological polar surface area (TPSA) is 29.3 Å². The maximum atomic E-state index is 6.20. The van der Waals surface area contributed by atoms with Crippen LogP contribution in [0, 0.1) is 0 Å². The van der Waals surface area contributed by atoms with Crippen molar-refractivity contribution in [1.82, 2.24) is 4.90 Å². The van der Waals surface area contributed by atoms with Crippen LogP contribution in [0.3, 0.4) is 0 Å². The van der Waals surface area contributed by atoms with Gasteiger partial charge in [-0.2, -0.15) is 0 Å². The van der Waals surface area contributed by atoms with Gasteiger partial charge in [-0.3, -0.25) is 4.90 Å². The molecule has 3 unspecified atom stereocenters. The summed E-state index contributed by atoms with van der Waals surface area (Å²) < 4.78 is 0. The second-order valence-electron chi connectivity index (χ2n) is 6.73. The quantitative estimate of drug-likeness (QED) is 0.836. The van der Waals surface area contributed by atoms with Crippen molar-refractivity contribution in [2.45, 2.75) is 69.1 Å². The van der Waals surface area contributed by atoms with E-state index in [0.29, 0.717) is 6.04 Å². The molecule has 2 heteroatoms. The molecule has 2 heterocycles. The Kier molecular flexibility index (Phi) is 2.89. The molecule has 2 N–H and O–H groups in total. The average Bonchev–Trinajstić information content (AvgIpc) is 2.70. The van der Waals surface area contributed by atoms with E-state index in [2.05, 4.69) is 29.2 Å². The Labute approximate surface area is 116 Å². The van der Waals surface area contributed by atoms with Crippen LogP contribution in [-0.2, 0) is 12.8 Å². The van der Waals surface area contributed by atoms with Crippen LogP contribution in [-0.4, -0.2) is 29.1 Å². The Morgan fingerprint density at radius 3 is 2.32 bits per heavy atom. The van der Waals surface area contributed by atoms with Crippen molar-refractivity contribution in [2.75, 3.05) is 0 Å². The molecule has 0 spiro atoms. The molecule has 1 aromatic carbocycles. The highest BCUT2D eigenvalue weighted by Gasteiger charge is 2.43. The minimum Gasteiger partial charge on any atom is -0.328 e. The fourth-order valence-corrected chi connectivity index (χ4v) is 4.78. The molecule has 0 radical (unpaired) electrons. The van der Waals surface area contributed by atoms with Gasteiger partial charge in [-0.15, -0.1) is 0 Å². The lowest BCUT2D eigenvalue weighted by atomic mass is 9.85. The minimum absolute atomic E-state index is 0.463. The number of nitrogens with zero attached hydrogens (tertiary/aromatic N) is 1. The zero-order chi connectivity index (χ0) is 12.8. The summed E-state index contributed by atoms with van der Waals surface area (Å²) in [7, 11) is 0. The molecular weight excluding hydrogens is 232 g/mol. The van der Waals surface area contributed by atoms with Crippen LogP contribution in [0.15, 0.2) is 24.3 Å². The van der Waals surface area contributed by atoms with Gasteiger partial charge < -0.3 is 5.73 Å². The van der Waals surface area contributed by atoms with Gasteiger partial charge in [0, 0.05) is 24.2 Å². The Morgan fingerprint density at radius 1 is 0.895 bits per heavy atom. The van der Waals surface area contributed by atoms with Crippen molar-refractivity contribution in [2.24, 2.45) is 5.73 Å². The Balaban J connectivity index is 1.56. The van der Waals surface area contributed by atoms with E-state index in [4.69, 9.17) is 5.73 Å². The highest BCUT2D eigenvalue weighted by atomic mass is 15.3. The SMILES string of the molecule is NC1CC2CCC(C1)N2C1CCc2ccccc2C1. The van der Waals surface area contributed by atoms with Crippen molar-refractivity contribution in [3.05, 3.63) is 35.4 Å². The van der Waals surface area contributed by atoms with Gasteiger partial charge in [-0.25, -0.2) is 0 Å². The number of hydrogen-bond donors (Lipinski definition) is 1. The number of hydrogen-bond acceptors (Lipinski definition) is 2.